The van der Waals surface area contributed by atoms with Crippen LogP contribution in [0, 0.1) is 6.92 Å². The number of pyridine rings is 1. The molecule has 35 heavy (non-hydrogen) atoms. The van der Waals surface area contributed by atoms with Gasteiger partial charge in [0.2, 0.25) is 5.91 Å². The second kappa shape index (κ2) is 9.14. The highest BCUT2D eigenvalue weighted by Crippen LogP contribution is 2.38. The van der Waals surface area contributed by atoms with Gasteiger partial charge in [0.1, 0.15) is 12.4 Å². The number of aromatic nitrogens is 1. The molecule has 2 heterocycles. The molecule has 0 fully saturated rings. The van der Waals surface area contributed by atoms with E-state index >= 15 is 0 Å². The average molecular weight is 464 g/mol. The number of rotatable bonds is 8. The zero-order chi connectivity index (χ0) is 24.4. The third-order valence-corrected chi connectivity index (χ3v) is 6.33. The number of ether oxygens (including phenoxy) is 1. The minimum atomic E-state index is -1.27. The van der Waals surface area contributed by atoms with Crippen LogP contribution in [0.1, 0.15) is 34.4 Å². The van der Waals surface area contributed by atoms with Gasteiger partial charge in [-0.2, -0.15) is 0 Å². The maximum Gasteiger partial charge on any atom is 0.220 e. The summed E-state index contributed by atoms with van der Waals surface area (Å²) in [6.45, 7) is 2.38. The summed E-state index contributed by atoms with van der Waals surface area (Å²) in [4.78, 5) is 34.3. The number of benzene rings is 3. The molecule has 0 bridgehead atoms. The monoisotopic (exact) mass is 463 g/mol. The molecule has 2 N–H and O–H groups in total. The Hall–Kier alpha value is -4.32. The quantitative estimate of drug-likeness (QED) is 0.418. The number of aryl methyl sites for hydroxylation is 1. The van der Waals surface area contributed by atoms with Crippen molar-refractivity contribution < 1.29 is 14.3 Å². The van der Waals surface area contributed by atoms with Gasteiger partial charge in [0.15, 0.2) is 11.3 Å². The highest BCUT2D eigenvalue weighted by Gasteiger charge is 2.44. The molecule has 1 aromatic heterocycles. The van der Waals surface area contributed by atoms with E-state index in [0.29, 0.717) is 12.4 Å². The van der Waals surface area contributed by atoms with E-state index in [0.717, 1.165) is 38.9 Å². The van der Waals surface area contributed by atoms with Crippen molar-refractivity contribution in [1.29, 1.82) is 0 Å². The number of carbonyl (C=O) groups excluding carboxylic acids is 2. The summed E-state index contributed by atoms with van der Waals surface area (Å²) in [5, 5.41) is 1.07. The maximum atomic E-state index is 13.4. The number of primary amides is 1. The van der Waals surface area contributed by atoms with E-state index < -0.39 is 11.4 Å². The van der Waals surface area contributed by atoms with Crippen LogP contribution in [0.4, 0.5) is 0 Å². The van der Waals surface area contributed by atoms with Crippen LogP contribution in [0.3, 0.4) is 0 Å². The predicted molar refractivity (Wildman–Crippen MR) is 135 cm³/mol. The molecule has 6 heteroatoms. The summed E-state index contributed by atoms with van der Waals surface area (Å²) in [6, 6.07) is 24.9. The smallest absolute Gasteiger partial charge is 0.220 e. The molecular weight excluding hydrogens is 438 g/mol. The van der Waals surface area contributed by atoms with E-state index in [1.54, 1.807) is 6.21 Å². The number of nitrogens with zero attached hydrogens (tertiary/aromatic N) is 2. The molecule has 1 aliphatic rings. The van der Waals surface area contributed by atoms with Gasteiger partial charge >= 0.3 is 0 Å². The van der Waals surface area contributed by atoms with Crippen molar-refractivity contribution in [3.8, 4) is 5.75 Å². The van der Waals surface area contributed by atoms with Crippen molar-refractivity contribution in [1.82, 2.24) is 4.98 Å². The van der Waals surface area contributed by atoms with Crippen LogP contribution >= 0.6 is 0 Å². The molecule has 6 nitrogen and oxygen atoms in total. The Labute approximate surface area is 203 Å². The average Bonchev–Trinajstić information content (AvgIpc) is 3.22. The first-order chi connectivity index (χ1) is 16.9. The second-order valence-electron chi connectivity index (χ2n) is 8.82. The molecule has 0 saturated heterocycles. The molecule has 0 radical (unpaired) electrons. The molecule has 0 aliphatic carbocycles. The summed E-state index contributed by atoms with van der Waals surface area (Å²) in [6.07, 6.45) is 1.63. The lowest BCUT2D eigenvalue weighted by Gasteiger charge is -2.25. The third kappa shape index (κ3) is 4.43. The number of Topliss-reactive ketones (excluding diaryl/α,β-unsaturated/α-hetero) is 1. The Morgan fingerprint density at radius 2 is 1.71 bits per heavy atom. The molecule has 1 amide bonds. The predicted octanol–water partition coefficient (Wildman–Crippen LogP) is 4.44. The highest BCUT2D eigenvalue weighted by atomic mass is 16.5. The van der Waals surface area contributed by atoms with E-state index in [9.17, 15) is 9.59 Å². The molecule has 1 aliphatic heterocycles. The van der Waals surface area contributed by atoms with Crippen LogP contribution in [0.15, 0.2) is 83.9 Å². The van der Waals surface area contributed by atoms with E-state index in [4.69, 9.17) is 10.5 Å². The Balaban J connectivity index is 1.31. The van der Waals surface area contributed by atoms with Crippen molar-refractivity contribution in [3.05, 3.63) is 107 Å². The lowest BCUT2D eigenvalue weighted by Crippen LogP contribution is -2.38. The fourth-order valence-electron chi connectivity index (χ4n) is 4.66. The molecule has 1 unspecified atom stereocenters. The zero-order valence-electron chi connectivity index (χ0n) is 19.4. The van der Waals surface area contributed by atoms with Crippen LogP contribution in [0.5, 0.6) is 5.75 Å². The van der Waals surface area contributed by atoms with E-state index in [1.165, 1.54) is 0 Å². The topological polar surface area (TPSA) is 94.6 Å². The standard InChI is InChI=1S/C29H25N3O3/c1-19-14-22(24-7-3-5-9-26(24)32-19)18-35-23-12-10-20(11-13-23)15-27(33)29(16-28(30)34)25-8-4-2-6-21(25)17-31-29/h2-14,17H,15-16,18H2,1H3,(H2,30,34). The number of nitrogens with two attached hydrogens (primary N) is 1. The molecule has 0 saturated carbocycles. The van der Waals surface area contributed by atoms with Gasteiger partial charge in [-0.05, 0) is 47.9 Å². The molecule has 1 atom stereocenters. The second-order valence-corrected chi connectivity index (χ2v) is 8.82. The SMILES string of the molecule is Cc1cc(COc2ccc(CC(=O)C3(CC(N)=O)N=Cc4ccccc43)cc2)c2ccccc2n1. The highest BCUT2D eigenvalue weighted by molar-refractivity contribution is 6.02. The summed E-state index contributed by atoms with van der Waals surface area (Å²) < 4.78 is 6.04. The van der Waals surface area contributed by atoms with Gasteiger partial charge < -0.3 is 10.5 Å². The zero-order valence-corrected chi connectivity index (χ0v) is 19.4. The summed E-state index contributed by atoms with van der Waals surface area (Å²) in [5.74, 6) is -0.0180. The number of fused-ring (bicyclic) bond motifs is 2. The van der Waals surface area contributed by atoms with Crippen LogP contribution in [-0.2, 0) is 28.2 Å². The minimum absolute atomic E-state index is 0.132. The van der Waals surface area contributed by atoms with Crippen molar-refractivity contribution >= 4 is 28.8 Å². The first-order valence-electron chi connectivity index (χ1n) is 11.5. The molecule has 3 aromatic carbocycles. The van der Waals surface area contributed by atoms with Gasteiger partial charge in [-0.25, -0.2) is 0 Å². The van der Waals surface area contributed by atoms with Gasteiger partial charge in [0.25, 0.3) is 0 Å². The fraction of sp³-hybridized carbons (Fsp3) is 0.172. The van der Waals surface area contributed by atoms with Crippen molar-refractivity contribution in [2.75, 3.05) is 0 Å². The summed E-state index contributed by atoms with van der Waals surface area (Å²) >= 11 is 0. The number of hydrogen-bond donors (Lipinski definition) is 1. The number of para-hydroxylation sites is 1. The molecule has 4 aromatic rings. The molecular formula is C29H25N3O3. The Bertz CT molecular complexity index is 1460. The Morgan fingerprint density at radius 3 is 2.51 bits per heavy atom. The Kier molecular flexibility index (Phi) is 5.87. The Morgan fingerprint density at radius 1 is 0.971 bits per heavy atom. The lowest BCUT2D eigenvalue weighted by molar-refractivity contribution is -0.128. The van der Waals surface area contributed by atoms with Gasteiger partial charge in [-0.3, -0.25) is 19.6 Å². The number of ketones is 1. The lowest BCUT2D eigenvalue weighted by atomic mass is 9.80. The molecule has 174 valence electrons. The van der Waals surface area contributed by atoms with Crippen LogP contribution < -0.4 is 10.5 Å². The largest absolute Gasteiger partial charge is 0.489 e. The number of hydrogen-bond acceptors (Lipinski definition) is 5. The maximum absolute atomic E-state index is 13.4. The third-order valence-electron chi connectivity index (χ3n) is 6.33. The van der Waals surface area contributed by atoms with E-state index in [-0.39, 0.29) is 18.6 Å². The number of amides is 1. The summed E-state index contributed by atoms with van der Waals surface area (Å²) in [7, 11) is 0. The molecule has 5 rings (SSSR count). The summed E-state index contributed by atoms with van der Waals surface area (Å²) in [5.41, 5.74) is 9.57. The fourth-order valence-corrected chi connectivity index (χ4v) is 4.66. The van der Waals surface area contributed by atoms with Gasteiger partial charge in [0.05, 0.1) is 11.9 Å². The van der Waals surface area contributed by atoms with Gasteiger partial charge in [-0.1, -0.05) is 54.6 Å². The van der Waals surface area contributed by atoms with Crippen molar-refractivity contribution in [3.63, 3.8) is 0 Å². The molecule has 0 spiro atoms. The van der Waals surface area contributed by atoms with Crippen molar-refractivity contribution in [2.24, 2.45) is 10.7 Å². The van der Waals surface area contributed by atoms with E-state index in [2.05, 4.69) is 9.98 Å². The van der Waals surface area contributed by atoms with Crippen LogP contribution in [0.2, 0.25) is 0 Å². The van der Waals surface area contributed by atoms with Crippen molar-refractivity contribution in [2.45, 2.75) is 31.9 Å². The van der Waals surface area contributed by atoms with Crippen LogP contribution in [0.25, 0.3) is 10.9 Å². The van der Waals surface area contributed by atoms with E-state index in [1.807, 2.05) is 85.8 Å². The minimum Gasteiger partial charge on any atom is -0.489 e. The number of aliphatic imine (C=N–C) groups is 1. The number of carbonyl (C=O) groups is 2. The normalized spacial score (nSPS) is 16.3. The first-order valence-corrected chi connectivity index (χ1v) is 11.5. The van der Waals surface area contributed by atoms with Gasteiger partial charge in [0, 0.05) is 29.3 Å². The van der Waals surface area contributed by atoms with Gasteiger partial charge in [-0.15, -0.1) is 0 Å². The van der Waals surface area contributed by atoms with Crippen LogP contribution in [-0.4, -0.2) is 22.9 Å². The first kappa shape index (κ1) is 22.5.